The molecule has 3 heterocycles. The molecule has 3 aliphatic heterocycles. The number of carbonyl (C=O) groups is 3. The molecule has 0 aromatic rings. The molecule has 0 saturated carbocycles. The zero-order chi connectivity index (χ0) is 18.2. The van der Waals surface area contributed by atoms with E-state index in [0.717, 1.165) is 13.0 Å². The van der Waals surface area contributed by atoms with Gasteiger partial charge in [0, 0.05) is 5.92 Å². The second kappa shape index (κ2) is 6.19. The fraction of sp³-hybridized carbons (Fsp3) is 0.583. The fourth-order valence-corrected chi connectivity index (χ4v) is 2.92. The van der Waals surface area contributed by atoms with Gasteiger partial charge in [-0.15, -0.1) is 0 Å². The normalized spacial score (nSPS) is 27.6. The number of carboxylic acid groups (broad SMARTS) is 2. The highest BCUT2D eigenvalue weighted by Gasteiger charge is 2.62. The van der Waals surface area contributed by atoms with E-state index in [1.54, 1.807) is 0 Å². The molecule has 0 aromatic carbocycles. The second-order valence-corrected chi connectivity index (χ2v) is 5.07. The molecule has 1 amide bonds. The summed E-state index contributed by atoms with van der Waals surface area (Å²) < 4.78 is 41.6. The van der Waals surface area contributed by atoms with Crippen LogP contribution in [0, 0.1) is 5.92 Å². The maximum absolute atomic E-state index is 11.8. The zero-order valence-corrected chi connectivity index (χ0v) is 12.2. The summed E-state index contributed by atoms with van der Waals surface area (Å²) >= 11 is 0. The van der Waals surface area contributed by atoms with Crippen molar-refractivity contribution < 1.29 is 47.2 Å². The van der Waals surface area contributed by atoms with Gasteiger partial charge in [0.1, 0.15) is 6.04 Å². The van der Waals surface area contributed by atoms with E-state index in [9.17, 15) is 22.8 Å². The quantitative estimate of drug-likeness (QED) is 0.479. The topological polar surface area (TPSA) is 125 Å². The van der Waals surface area contributed by atoms with Crippen LogP contribution >= 0.6 is 0 Å². The Kier molecular flexibility index (Phi) is 4.60. The number of rotatable bonds is 2. The summed E-state index contributed by atoms with van der Waals surface area (Å²) in [5.41, 5.74) is 0. The third-order valence-corrected chi connectivity index (χ3v) is 3.79. The summed E-state index contributed by atoms with van der Waals surface area (Å²) in [6.07, 6.45) is -5.71. The van der Waals surface area contributed by atoms with Crippen LogP contribution in [0.4, 0.5) is 18.0 Å². The van der Waals surface area contributed by atoms with E-state index < -0.39 is 18.3 Å². The highest BCUT2D eigenvalue weighted by Crippen LogP contribution is 2.46. The number of hydrogen-bond donors (Lipinski definition) is 3. The molecule has 1 unspecified atom stereocenters. The zero-order valence-electron chi connectivity index (χ0n) is 12.2. The summed E-state index contributed by atoms with van der Waals surface area (Å²) in [5.74, 6) is -2.36. The molecule has 2 saturated heterocycles. The first-order valence-corrected chi connectivity index (χ1v) is 6.65. The Morgan fingerprint density at radius 2 is 1.92 bits per heavy atom. The SMILES string of the molecule is COC1=C(OC(=O)O)N2C(=O)[C@H]3NCCC1[C@H]32.O=C(O)C(F)(F)F. The molecule has 12 heteroatoms. The van der Waals surface area contributed by atoms with E-state index in [1.807, 2.05) is 0 Å². The molecule has 3 rings (SSSR count). The second-order valence-electron chi connectivity index (χ2n) is 5.07. The predicted molar refractivity (Wildman–Crippen MR) is 67.4 cm³/mol. The van der Waals surface area contributed by atoms with Crippen LogP contribution in [0.5, 0.6) is 0 Å². The Morgan fingerprint density at radius 1 is 1.33 bits per heavy atom. The minimum absolute atomic E-state index is 0.0401. The van der Waals surface area contributed by atoms with Crippen LogP contribution in [0.2, 0.25) is 0 Å². The smallest absolute Gasteiger partial charge is 0.495 e. The molecule has 24 heavy (non-hydrogen) atoms. The average Bonchev–Trinajstić information content (AvgIpc) is 2.77. The highest BCUT2D eigenvalue weighted by molar-refractivity contribution is 5.92. The molecule has 0 aliphatic carbocycles. The minimum atomic E-state index is -5.08. The Bertz CT molecular complexity index is 604. The maximum Gasteiger partial charge on any atom is 0.512 e. The van der Waals surface area contributed by atoms with E-state index in [-0.39, 0.29) is 29.8 Å². The van der Waals surface area contributed by atoms with Gasteiger partial charge in [0.2, 0.25) is 11.8 Å². The first-order chi connectivity index (χ1) is 11.1. The number of carbonyl (C=O) groups excluding carboxylic acids is 1. The van der Waals surface area contributed by atoms with Gasteiger partial charge in [-0.2, -0.15) is 13.2 Å². The first kappa shape index (κ1) is 17.8. The number of nitrogens with one attached hydrogen (secondary N) is 1. The van der Waals surface area contributed by atoms with Crippen molar-refractivity contribution in [2.75, 3.05) is 13.7 Å². The van der Waals surface area contributed by atoms with Crippen LogP contribution < -0.4 is 5.32 Å². The molecule has 0 spiro atoms. The third-order valence-electron chi connectivity index (χ3n) is 3.79. The van der Waals surface area contributed by atoms with Crippen molar-refractivity contribution in [1.82, 2.24) is 10.2 Å². The van der Waals surface area contributed by atoms with Gasteiger partial charge in [-0.3, -0.25) is 9.69 Å². The number of aliphatic carboxylic acids is 1. The molecule has 134 valence electrons. The lowest BCUT2D eigenvalue weighted by molar-refractivity contribution is -0.192. The summed E-state index contributed by atoms with van der Waals surface area (Å²) in [5, 5.41) is 18.9. The van der Waals surface area contributed by atoms with Gasteiger partial charge in [-0.1, -0.05) is 0 Å². The molecule has 3 N–H and O–H groups in total. The van der Waals surface area contributed by atoms with Gasteiger partial charge >= 0.3 is 18.3 Å². The predicted octanol–water partition coefficient (Wildman–Crippen LogP) is 0.332. The molecule has 0 aromatic heterocycles. The third kappa shape index (κ3) is 2.96. The number of halogens is 3. The van der Waals surface area contributed by atoms with E-state index in [2.05, 4.69) is 10.1 Å². The average molecular weight is 354 g/mol. The molecular formula is C12H13F3N2O7. The number of β-lactam (4-membered cyclic amide) rings is 1. The molecule has 0 bridgehead atoms. The number of alkyl halides is 3. The van der Waals surface area contributed by atoms with Gasteiger partial charge in [0.25, 0.3) is 0 Å². The van der Waals surface area contributed by atoms with Crippen LogP contribution in [0.1, 0.15) is 6.42 Å². The largest absolute Gasteiger partial charge is 0.512 e. The summed E-state index contributed by atoms with van der Waals surface area (Å²) in [6.45, 7) is 0.721. The van der Waals surface area contributed by atoms with Crippen LogP contribution in [0.25, 0.3) is 0 Å². The Hall–Kier alpha value is -2.50. The summed E-state index contributed by atoms with van der Waals surface area (Å²) in [7, 11) is 1.47. The van der Waals surface area contributed by atoms with Crippen molar-refractivity contribution in [2.45, 2.75) is 24.7 Å². The Balaban J connectivity index is 0.000000256. The Morgan fingerprint density at radius 3 is 2.38 bits per heavy atom. The van der Waals surface area contributed by atoms with E-state index in [4.69, 9.17) is 19.7 Å². The number of methoxy groups -OCH3 is 1. The van der Waals surface area contributed by atoms with E-state index in [0.29, 0.717) is 5.76 Å². The monoisotopic (exact) mass is 354 g/mol. The van der Waals surface area contributed by atoms with Crippen LogP contribution in [-0.2, 0) is 19.1 Å². The van der Waals surface area contributed by atoms with Gasteiger partial charge < -0.3 is 25.0 Å². The standard InChI is InChI=1S/C10H12N2O5.C2HF3O2/c1-16-7-4-2-3-11-5-6(4)12(8(5)13)9(7)17-10(14)15;3-2(4,5)1(6)7/h4-6,11H,2-3H2,1H3,(H,14,15);(H,6,7)/t4?,5-,6+;/m0./s1. The van der Waals surface area contributed by atoms with Crippen molar-refractivity contribution in [3.63, 3.8) is 0 Å². The van der Waals surface area contributed by atoms with Crippen molar-refractivity contribution in [2.24, 2.45) is 5.92 Å². The van der Waals surface area contributed by atoms with E-state index in [1.165, 1.54) is 12.0 Å². The van der Waals surface area contributed by atoms with Crippen LogP contribution in [0.15, 0.2) is 11.6 Å². The fourth-order valence-electron chi connectivity index (χ4n) is 2.92. The Labute approximate surface area is 132 Å². The first-order valence-electron chi connectivity index (χ1n) is 6.65. The molecular weight excluding hydrogens is 341 g/mol. The summed E-state index contributed by atoms with van der Waals surface area (Å²) in [4.78, 5) is 32.7. The number of piperidine rings is 1. The van der Waals surface area contributed by atoms with Gasteiger partial charge in [-0.25, -0.2) is 9.59 Å². The van der Waals surface area contributed by atoms with Gasteiger partial charge in [0.05, 0.1) is 13.2 Å². The number of hydrogen-bond acceptors (Lipinski definition) is 6. The van der Waals surface area contributed by atoms with Crippen molar-refractivity contribution in [1.29, 1.82) is 0 Å². The number of amides is 1. The van der Waals surface area contributed by atoms with Crippen molar-refractivity contribution in [3.05, 3.63) is 11.6 Å². The molecule has 2 fully saturated rings. The summed E-state index contributed by atoms with van der Waals surface area (Å²) in [6, 6.07) is -0.283. The van der Waals surface area contributed by atoms with Crippen LogP contribution in [-0.4, -0.2) is 65.1 Å². The van der Waals surface area contributed by atoms with Crippen molar-refractivity contribution >= 4 is 18.0 Å². The number of nitrogens with zero attached hydrogens (tertiary/aromatic N) is 1. The highest BCUT2D eigenvalue weighted by atomic mass is 19.4. The number of carboxylic acids is 1. The molecule has 0 radical (unpaired) electrons. The number of ether oxygens (including phenoxy) is 2. The minimum Gasteiger partial charge on any atom is -0.495 e. The van der Waals surface area contributed by atoms with Crippen molar-refractivity contribution in [3.8, 4) is 0 Å². The maximum atomic E-state index is 11.8. The lowest BCUT2D eigenvalue weighted by atomic mass is 9.81. The lowest BCUT2D eigenvalue weighted by Crippen LogP contribution is -2.71. The van der Waals surface area contributed by atoms with Crippen LogP contribution in [0.3, 0.4) is 0 Å². The van der Waals surface area contributed by atoms with Gasteiger partial charge in [-0.05, 0) is 13.0 Å². The van der Waals surface area contributed by atoms with E-state index >= 15 is 0 Å². The molecule has 3 atom stereocenters. The lowest BCUT2D eigenvalue weighted by Gasteiger charge is -2.47. The molecule has 9 nitrogen and oxygen atoms in total. The van der Waals surface area contributed by atoms with Gasteiger partial charge in [0.15, 0.2) is 5.76 Å². The molecule has 3 aliphatic rings.